The Morgan fingerprint density at radius 2 is 1.48 bits per heavy atom. The number of carbonyl (C=O) groups is 2. The molecule has 2 aromatic carbocycles. The molecule has 31 heavy (non-hydrogen) atoms. The molecule has 8 heteroatoms. The maximum absolute atomic E-state index is 13.0. The minimum absolute atomic E-state index is 0.0761. The van der Waals surface area contributed by atoms with Gasteiger partial charge in [0.15, 0.2) is 5.79 Å². The van der Waals surface area contributed by atoms with Gasteiger partial charge < -0.3 is 18.9 Å². The van der Waals surface area contributed by atoms with Crippen molar-refractivity contribution in [2.24, 2.45) is 0 Å². The van der Waals surface area contributed by atoms with E-state index in [2.05, 4.69) is 0 Å². The van der Waals surface area contributed by atoms with Crippen molar-refractivity contribution >= 4 is 22.7 Å². The maximum atomic E-state index is 13.0. The number of ether oxygens (including phenoxy) is 4. The first kappa shape index (κ1) is 21.7. The van der Waals surface area contributed by atoms with Gasteiger partial charge in [0.25, 0.3) is 0 Å². The van der Waals surface area contributed by atoms with Gasteiger partial charge in [-0.15, -0.1) is 0 Å². The molecule has 2 fully saturated rings. The van der Waals surface area contributed by atoms with Gasteiger partial charge in [0.1, 0.15) is 24.9 Å². The monoisotopic (exact) mass is 444 g/mol. The van der Waals surface area contributed by atoms with Crippen LogP contribution in [0, 0.1) is 0 Å². The summed E-state index contributed by atoms with van der Waals surface area (Å²) in [4.78, 5) is 24.9. The molecule has 164 valence electrons. The highest BCUT2D eigenvalue weighted by Gasteiger charge is 2.55. The molecule has 5 atom stereocenters. The Morgan fingerprint density at radius 1 is 0.935 bits per heavy atom. The summed E-state index contributed by atoms with van der Waals surface area (Å²) >= 11 is 0. The summed E-state index contributed by atoms with van der Waals surface area (Å²) in [6, 6.07) is 17.2. The molecular weight excluding hydrogens is 420 g/mol. The highest BCUT2D eigenvalue weighted by Crippen LogP contribution is 2.38. The van der Waals surface area contributed by atoms with Gasteiger partial charge in [0, 0.05) is 10.8 Å². The molecule has 7 nitrogen and oxygen atoms in total. The molecule has 1 unspecified atom stereocenters. The smallest absolute Gasteiger partial charge is 0.338 e. The quantitative estimate of drug-likeness (QED) is 0.655. The summed E-state index contributed by atoms with van der Waals surface area (Å²) in [6.07, 6.45) is -1.98. The average molecular weight is 445 g/mol. The van der Waals surface area contributed by atoms with Crippen LogP contribution in [0.15, 0.2) is 60.7 Å². The van der Waals surface area contributed by atoms with Crippen molar-refractivity contribution in [1.82, 2.24) is 0 Å². The molecule has 0 saturated carbocycles. The van der Waals surface area contributed by atoms with Gasteiger partial charge in [-0.3, -0.25) is 4.21 Å². The molecule has 0 spiro atoms. The average Bonchev–Trinajstić information content (AvgIpc) is 3.09. The Hall–Kier alpha value is -2.55. The van der Waals surface area contributed by atoms with Crippen LogP contribution in [0.5, 0.6) is 0 Å². The molecule has 2 aromatic rings. The minimum Gasteiger partial charge on any atom is -0.461 e. The van der Waals surface area contributed by atoms with Crippen LogP contribution in [-0.2, 0) is 29.7 Å². The van der Waals surface area contributed by atoms with E-state index in [1.165, 1.54) is 0 Å². The maximum Gasteiger partial charge on any atom is 0.338 e. The van der Waals surface area contributed by atoms with E-state index < -0.39 is 52.1 Å². The third-order valence-electron chi connectivity index (χ3n) is 5.22. The third kappa shape index (κ3) is 4.87. The summed E-state index contributed by atoms with van der Waals surface area (Å²) in [6.45, 7) is 3.41. The Kier molecular flexibility index (Phi) is 6.22. The molecule has 0 radical (unpaired) electrons. The highest BCUT2D eigenvalue weighted by atomic mass is 32.2. The van der Waals surface area contributed by atoms with E-state index in [1.807, 2.05) is 0 Å². The second-order valence-electron chi connectivity index (χ2n) is 7.92. The molecule has 0 N–H and O–H groups in total. The van der Waals surface area contributed by atoms with Gasteiger partial charge in [-0.25, -0.2) is 9.59 Å². The van der Waals surface area contributed by atoms with Gasteiger partial charge in [-0.2, -0.15) is 0 Å². The highest BCUT2D eigenvalue weighted by molar-refractivity contribution is 7.85. The van der Waals surface area contributed by atoms with Crippen molar-refractivity contribution < 1.29 is 32.7 Å². The second kappa shape index (κ2) is 8.90. The zero-order chi connectivity index (χ0) is 22.0. The third-order valence-corrected chi connectivity index (χ3v) is 6.96. The van der Waals surface area contributed by atoms with Crippen molar-refractivity contribution in [3.63, 3.8) is 0 Å². The number of esters is 2. The summed E-state index contributed by atoms with van der Waals surface area (Å²) in [5, 5.41) is -0.592. The first-order valence-corrected chi connectivity index (χ1v) is 11.4. The number of carbonyl (C=O) groups excluding carboxylic acids is 2. The lowest BCUT2D eigenvalue weighted by molar-refractivity contribution is -0.153. The van der Waals surface area contributed by atoms with Gasteiger partial charge in [0.05, 0.1) is 22.1 Å². The van der Waals surface area contributed by atoms with Crippen LogP contribution >= 0.6 is 0 Å². The van der Waals surface area contributed by atoms with Gasteiger partial charge in [0.2, 0.25) is 0 Å². The largest absolute Gasteiger partial charge is 0.461 e. The fourth-order valence-electron chi connectivity index (χ4n) is 3.79. The Bertz CT molecular complexity index is 960. The van der Waals surface area contributed by atoms with Crippen LogP contribution in [0.25, 0.3) is 0 Å². The number of hydrogen-bond acceptors (Lipinski definition) is 7. The Balaban J connectivity index is 1.47. The number of rotatable bonds is 5. The molecule has 0 aliphatic carbocycles. The van der Waals surface area contributed by atoms with Crippen LogP contribution in [-0.4, -0.2) is 57.9 Å². The topological polar surface area (TPSA) is 88.1 Å². The van der Waals surface area contributed by atoms with E-state index >= 15 is 0 Å². The molecule has 2 aliphatic heterocycles. The fourth-order valence-corrected chi connectivity index (χ4v) is 5.35. The van der Waals surface area contributed by atoms with Gasteiger partial charge in [-0.05, 0) is 38.1 Å². The summed E-state index contributed by atoms with van der Waals surface area (Å²) in [5.74, 6) is -1.87. The lowest BCUT2D eigenvalue weighted by Crippen LogP contribution is -2.55. The van der Waals surface area contributed by atoms with Crippen molar-refractivity contribution in [2.75, 3.05) is 12.4 Å². The zero-order valence-corrected chi connectivity index (χ0v) is 18.1. The minimum atomic E-state index is -1.46. The SMILES string of the molecule is CC1(C)O[C@H]2[C@H](O1)[C@@H](COC(=O)c1ccccc1)S(=O)C[C@@H]2OC(=O)c1ccccc1. The van der Waals surface area contributed by atoms with E-state index in [0.717, 1.165) is 0 Å². The number of hydrogen-bond donors (Lipinski definition) is 0. The Labute approximate surface area is 183 Å². The van der Waals surface area contributed by atoms with Crippen LogP contribution in [0.3, 0.4) is 0 Å². The number of benzene rings is 2. The van der Waals surface area contributed by atoms with Crippen LogP contribution in [0.1, 0.15) is 34.6 Å². The molecule has 0 aromatic heterocycles. The van der Waals surface area contributed by atoms with Crippen molar-refractivity contribution in [3.05, 3.63) is 71.8 Å². The van der Waals surface area contributed by atoms with Gasteiger partial charge >= 0.3 is 11.9 Å². The lowest BCUT2D eigenvalue weighted by atomic mass is 10.1. The molecular formula is C23H24O7S. The summed E-state index contributed by atoms with van der Waals surface area (Å²) in [7, 11) is -1.46. The van der Waals surface area contributed by atoms with Crippen molar-refractivity contribution in [1.29, 1.82) is 0 Å². The molecule has 2 aliphatic rings. The fraction of sp³-hybridized carbons (Fsp3) is 0.391. The van der Waals surface area contributed by atoms with E-state index in [-0.39, 0.29) is 12.4 Å². The van der Waals surface area contributed by atoms with E-state index in [1.54, 1.807) is 74.5 Å². The van der Waals surface area contributed by atoms with Crippen LogP contribution < -0.4 is 0 Å². The van der Waals surface area contributed by atoms with Crippen LogP contribution in [0.4, 0.5) is 0 Å². The molecule has 4 rings (SSSR count). The van der Waals surface area contributed by atoms with Crippen LogP contribution in [0.2, 0.25) is 0 Å². The first-order chi connectivity index (χ1) is 14.8. The second-order valence-corrected chi connectivity index (χ2v) is 9.63. The van der Waals surface area contributed by atoms with E-state index in [4.69, 9.17) is 18.9 Å². The summed E-state index contributed by atoms with van der Waals surface area (Å²) in [5.41, 5.74) is 0.821. The van der Waals surface area contributed by atoms with E-state index in [0.29, 0.717) is 11.1 Å². The van der Waals surface area contributed by atoms with Gasteiger partial charge in [-0.1, -0.05) is 36.4 Å². The predicted octanol–water partition coefficient (Wildman–Crippen LogP) is 2.72. The first-order valence-electron chi connectivity index (χ1n) is 10.0. The normalized spacial score (nSPS) is 29.0. The Morgan fingerprint density at radius 3 is 2.10 bits per heavy atom. The molecule has 0 amide bonds. The molecule has 2 saturated heterocycles. The number of fused-ring (bicyclic) bond motifs is 1. The van der Waals surface area contributed by atoms with Crippen molar-refractivity contribution in [3.8, 4) is 0 Å². The van der Waals surface area contributed by atoms with E-state index in [9.17, 15) is 13.8 Å². The lowest BCUT2D eigenvalue weighted by Gasteiger charge is -2.35. The van der Waals surface area contributed by atoms with Crippen molar-refractivity contribution in [2.45, 2.75) is 43.2 Å². The predicted molar refractivity (Wildman–Crippen MR) is 113 cm³/mol. The molecule has 0 bridgehead atoms. The standard InChI is InChI=1S/C23H24O7S/c1-23(2)29-19-17(28-22(25)16-11-7-4-8-12-16)14-31(26)18(20(19)30-23)13-27-21(24)15-9-5-3-6-10-15/h3-12,17-20H,13-14H2,1-2H3/t17-,18+,19+,20+,31?/m0/s1. The molecule has 2 heterocycles. The zero-order valence-electron chi connectivity index (χ0n) is 17.3. The summed E-state index contributed by atoms with van der Waals surface area (Å²) < 4.78 is 36.1.